The van der Waals surface area contributed by atoms with Gasteiger partial charge >= 0.3 is 0 Å². The molecule has 0 N–H and O–H groups in total. The van der Waals surface area contributed by atoms with E-state index in [2.05, 4.69) is 5.10 Å². The second-order valence-corrected chi connectivity index (χ2v) is 6.42. The largest absolute Gasteiger partial charge is 0.497 e. The number of benzene rings is 2. The van der Waals surface area contributed by atoms with Gasteiger partial charge in [-0.1, -0.05) is 12.1 Å². The lowest BCUT2D eigenvalue weighted by Gasteiger charge is -2.23. The maximum Gasteiger partial charge on any atom is 0.166 e. The zero-order valence-electron chi connectivity index (χ0n) is 14.8. The fourth-order valence-corrected chi connectivity index (χ4v) is 3.50. The third-order valence-electron chi connectivity index (χ3n) is 4.95. The predicted octanol–water partition coefficient (Wildman–Crippen LogP) is 3.80. The van der Waals surface area contributed by atoms with Gasteiger partial charge in [0.15, 0.2) is 5.78 Å². The Labute approximate surface area is 152 Å². The summed E-state index contributed by atoms with van der Waals surface area (Å²) in [5, 5.41) is 4.46. The average Bonchev–Trinajstić information content (AvgIpc) is 3.13. The van der Waals surface area contributed by atoms with Crippen molar-refractivity contribution in [3.8, 4) is 17.2 Å². The van der Waals surface area contributed by atoms with E-state index in [4.69, 9.17) is 9.47 Å². The molecular weight excluding hydrogens is 328 g/mol. The Morgan fingerprint density at radius 3 is 2.15 bits per heavy atom. The summed E-state index contributed by atoms with van der Waals surface area (Å²) in [4.78, 5) is 12.6. The second kappa shape index (κ2) is 6.67. The molecule has 1 atom stereocenters. The van der Waals surface area contributed by atoms with Crippen LogP contribution in [0.15, 0.2) is 54.7 Å². The molecule has 5 nitrogen and oxygen atoms in total. The van der Waals surface area contributed by atoms with E-state index in [0.29, 0.717) is 6.42 Å². The van der Waals surface area contributed by atoms with Crippen molar-refractivity contribution in [1.29, 1.82) is 0 Å². The van der Waals surface area contributed by atoms with E-state index in [0.717, 1.165) is 40.4 Å². The molecule has 0 unspecified atom stereocenters. The minimum atomic E-state index is 0.145. The van der Waals surface area contributed by atoms with Crippen molar-refractivity contribution < 1.29 is 14.3 Å². The molecule has 0 bridgehead atoms. The van der Waals surface area contributed by atoms with Crippen LogP contribution in [-0.4, -0.2) is 29.8 Å². The number of carbonyl (C=O) groups is 1. The number of ketones is 1. The fourth-order valence-electron chi connectivity index (χ4n) is 3.50. The van der Waals surface area contributed by atoms with Gasteiger partial charge in [0.25, 0.3) is 0 Å². The fraction of sp³-hybridized carbons (Fsp3) is 0.238. The van der Waals surface area contributed by atoms with Gasteiger partial charge < -0.3 is 9.47 Å². The molecule has 0 radical (unpaired) electrons. The molecule has 2 aromatic carbocycles. The Kier molecular flexibility index (Phi) is 4.21. The standard InChI is InChI=1S/C21H20N2O3/c1-25-17-7-3-14(4-8-17)15-11-20-19(21(24)12-15)13-22-23(20)16-5-9-18(26-2)10-6-16/h3-10,13,15H,11-12H2,1-2H3/t15-/m0/s1. The molecule has 0 aliphatic heterocycles. The maximum atomic E-state index is 12.6. The Hall–Kier alpha value is -3.08. The minimum absolute atomic E-state index is 0.145. The highest BCUT2D eigenvalue weighted by Gasteiger charge is 2.30. The zero-order valence-corrected chi connectivity index (χ0v) is 14.8. The van der Waals surface area contributed by atoms with Crippen molar-refractivity contribution in [3.63, 3.8) is 0 Å². The molecule has 0 amide bonds. The summed E-state index contributed by atoms with van der Waals surface area (Å²) < 4.78 is 12.3. The lowest BCUT2D eigenvalue weighted by Crippen LogP contribution is -2.20. The lowest BCUT2D eigenvalue weighted by molar-refractivity contribution is 0.0963. The molecule has 1 aliphatic carbocycles. The number of aromatic nitrogens is 2. The first-order valence-corrected chi connectivity index (χ1v) is 8.58. The summed E-state index contributed by atoms with van der Waals surface area (Å²) in [5.41, 5.74) is 3.76. The van der Waals surface area contributed by atoms with E-state index in [1.54, 1.807) is 20.4 Å². The number of methoxy groups -OCH3 is 2. The van der Waals surface area contributed by atoms with E-state index in [1.807, 2.05) is 53.2 Å². The highest BCUT2D eigenvalue weighted by molar-refractivity contribution is 5.98. The number of hydrogen-bond donors (Lipinski definition) is 0. The van der Waals surface area contributed by atoms with E-state index in [9.17, 15) is 4.79 Å². The van der Waals surface area contributed by atoms with Gasteiger partial charge in [0, 0.05) is 6.42 Å². The molecule has 0 saturated heterocycles. The highest BCUT2D eigenvalue weighted by Crippen LogP contribution is 2.34. The smallest absolute Gasteiger partial charge is 0.166 e. The molecule has 3 aromatic rings. The number of fused-ring (bicyclic) bond motifs is 1. The van der Waals surface area contributed by atoms with E-state index in [1.165, 1.54) is 0 Å². The highest BCUT2D eigenvalue weighted by atomic mass is 16.5. The Morgan fingerprint density at radius 1 is 0.923 bits per heavy atom. The summed E-state index contributed by atoms with van der Waals surface area (Å²) in [6, 6.07) is 15.7. The maximum absolute atomic E-state index is 12.6. The van der Waals surface area contributed by atoms with Crippen LogP contribution in [0.1, 0.15) is 34.0 Å². The molecule has 1 aliphatic rings. The van der Waals surface area contributed by atoms with Crippen LogP contribution in [0.3, 0.4) is 0 Å². The van der Waals surface area contributed by atoms with Crippen molar-refractivity contribution in [2.45, 2.75) is 18.8 Å². The average molecular weight is 348 g/mol. The van der Waals surface area contributed by atoms with Crippen LogP contribution in [0.4, 0.5) is 0 Å². The molecular formula is C21H20N2O3. The van der Waals surface area contributed by atoms with Gasteiger partial charge in [-0.15, -0.1) is 0 Å². The quantitative estimate of drug-likeness (QED) is 0.720. The molecule has 1 aromatic heterocycles. The first-order valence-electron chi connectivity index (χ1n) is 8.58. The van der Waals surface area contributed by atoms with Crippen LogP contribution < -0.4 is 9.47 Å². The number of ether oxygens (including phenoxy) is 2. The van der Waals surface area contributed by atoms with E-state index in [-0.39, 0.29) is 11.7 Å². The van der Waals surface area contributed by atoms with Crippen molar-refractivity contribution >= 4 is 5.78 Å². The van der Waals surface area contributed by atoms with Crippen LogP contribution in [0.2, 0.25) is 0 Å². The normalized spacial score (nSPS) is 16.2. The van der Waals surface area contributed by atoms with Crippen LogP contribution in [-0.2, 0) is 6.42 Å². The second-order valence-electron chi connectivity index (χ2n) is 6.42. The molecule has 4 rings (SSSR count). The minimum Gasteiger partial charge on any atom is -0.497 e. The lowest BCUT2D eigenvalue weighted by atomic mass is 9.82. The molecule has 0 spiro atoms. The summed E-state index contributed by atoms with van der Waals surface area (Å²) >= 11 is 0. The molecule has 0 fully saturated rings. The van der Waals surface area contributed by atoms with Crippen molar-refractivity contribution in [2.75, 3.05) is 14.2 Å². The molecule has 5 heteroatoms. The molecule has 132 valence electrons. The number of Topliss-reactive ketones (excluding diaryl/α,β-unsaturated/α-hetero) is 1. The Morgan fingerprint density at radius 2 is 1.54 bits per heavy atom. The molecule has 0 saturated carbocycles. The van der Waals surface area contributed by atoms with Crippen LogP contribution in [0.5, 0.6) is 11.5 Å². The van der Waals surface area contributed by atoms with Gasteiger partial charge in [-0.25, -0.2) is 4.68 Å². The monoisotopic (exact) mass is 348 g/mol. The van der Waals surface area contributed by atoms with Gasteiger partial charge in [-0.3, -0.25) is 4.79 Å². The zero-order chi connectivity index (χ0) is 18.1. The molecule has 1 heterocycles. The van der Waals surface area contributed by atoms with Gasteiger partial charge in [0.05, 0.1) is 37.4 Å². The first kappa shape index (κ1) is 16.4. The van der Waals surface area contributed by atoms with Crippen LogP contribution >= 0.6 is 0 Å². The predicted molar refractivity (Wildman–Crippen MR) is 98.5 cm³/mol. The van der Waals surface area contributed by atoms with Crippen molar-refractivity contribution in [3.05, 3.63) is 71.5 Å². The number of carbonyl (C=O) groups excluding carboxylic acids is 1. The third kappa shape index (κ3) is 2.86. The first-order chi connectivity index (χ1) is 12.7. The van der Waals surface area contributed by atoms with Crippen LogP contribution in [0, 0.1) is 0 Å². The number of rotatable bonds is 4. The summed E-state index contributed by atoms with van der Waals surface area (Å²) in [6.45, 7) is 0. The van der Waals surface area contributed by atoms with E-state index >= 15 is 0 Å². The Balaban J connectivity index is 1.68. The van der Waals surface area contributed by atoms with E-state index < -0.39 is 0 Å². The summed E-state index contributed by atoms with van der Waals surface area (Å²) in [6.07, 6.45) is 2.97. The van der Waals surface area contributed by atoms with Gasteiger partial charge in [0.1, 0.15) is 11.5 Å². The van der Waals surface area contributed by atoms with Gasteiger partial charge in [-0.05, 0) is 54.3 Å². The topological polar surface area (TPSA) is 53.3 Å². The third-order valence-corrected chi connectivity index (χ3v) is 4.95. The van der Waals surface area contributed by atoms with Gasteiger partial charge in [-0.2, -0.15) is 5.10 Å². The molecule has 26 heavy (non-hydrogen) atoms. The van der Waals surface area contributed by atoms with Crippen LogP contribution in [0.25, 0.3) is 5.69 Å². The Bertz CT molecular complexity index is 927. The van der Waals surface area contributed by atoms with Crippen molar-refractivity contribution in [2.24, 2.45) is 0 Å². The summed E-state index contributed by atoms with van der Waals surface area (Å²) in [5.74, 6) is 1.91. The SMILES string of the molecule is COc1ccc([C@@H]2CC(=O)c3cnn(-c4ccc(OC)cc4)c3C2)cc1. The number of nitrogens with zero attached hydrogens (tertiary/aromatic N) is 2. The van der Waals surface area contributed by atoms with Crippen molar-refractivity contribution in [1.82, 2.24) is 9.78 Å². The summed E-state index contributed by atoms with van der Waals surface area (Å²) in [7, 11) is 3.29. The van der Waals surface area contributed by atoms with Gasteiger partial charge in [0.2, 0.25) is 0 Å². The number of hydrogen-bond acceptors (Lipinski definition) is 4.